The number of hydrogen-bond donors (Lipinski definition) is 0. The minimum Gasteiger partial charge on any atom is -0.486 e. The molecule has 1 saturated carbocycles. The van der Waals surface area contributed by atoms with Crippen LogP contribution in [0.3, 0.4) is 0 Å². The summed E-state index contributed by atoms with van der Waals surface area (Å²) in [4.78, 5) is 10.7. The standard InChI is InChI=1S/C16H17BrN2O2/c17-15-9-12(10-20)5-6-16(15)21-11-13-7-8-19(18-13)14-3-1-2-4-14/h5-10,14H,1-4,11H2. The van der Waals surface area contributed by atoms with Crippen LogP contribution in [0.4, 0.5) is 0 Å². The van der Waals surface area contributed by atoms with Crippen molar-refractivity contribution in [2.75, 3.05) is 0 Å². The van der Waals surface area contributed by atoms with E-state index in [0.29, 0.717) is 18.2 Å². The van der Waals surface area contributed by atoms with Crippen LogP contribution < -0.4 is 4.74 Å². The van der Waals surface area contributed by atoms with Crippen LogP contribution in [0.25, 0.3) is 0 Å². The molecule has 21 heavy (non-hydrogen) atoms. The van der Waals surface area contributed by atoms with Crippen molar-refractivity contribution in [2.45, 2.75) is 38.3 Å². The predicted octanol–water partition coefficient (Wildman–Crippen LogP) is 4.15. The molecular formula is C16H17BrN2O2. The fourth-order valence-electron chi connectivity index (χ4n) is 2.69. The smallest absolute Gasteiger partial charge is 0.150 e. The summed E-state index contributed by atoms with van der Waals surface area (Å²) >= 11 is 3.41. The van der Waals surface area contributed by atoms with Crippen molar-refractivity contribution in [2.24, 2.45) is 0 Å². The second kappa shape index (κ2) is 6.43. The molecule has 0 radical (unpaired) electrons. The van der Waals surface area contributed by atoms with Crippen molar-refractivity contribution >= 4 is 22.2 Å². The number of halogens is 1. The van der Waals surface area contributed by atoms with Gasteiger partial charge < -0.3 is 4.74 Å². The van der Waals surface area contributed by atoms with Gasteiger partial charge in [-0.2, -0.15) is 5.10 Å². The number of nitrogens with zero attached hydrogens (tertiary/aromatic N) is 2. The average Bonchev–Trinajstić information content (AvgIpc) is 3.16. The molecule has 1 fully saturated rings. The van der Waals surface area contributed by atoms with Crippen LogP contribution >= 0.6 is 15.9 Å². The normalized spacial score (nSPS) is 15.3. The molecule has 1 aromatic carbocycles. The van der Waals surface area contributed by atoms with Gasteiger partial charge in [0.05, 0.1) is 16.2 Å². The van der Waals surface area contributed by atoms with Gasteiger partial charge in [-0.05, 0) is 53.0 Å². The van der Waals surface area contributed by atoms with E-state index in [2.05, 4.69) is 25.7 Å². The lowest BCUT2D eigenvalue weighted by Crippen LogP contribution is -2.06. The summed E-state index contributed by atoms with van der Waals surface area (Å²) in [7, 11) is 0. The third-order valence-electron chi connectivity index (χ3n) is 3.83. The molecule has 110 valence electrons. The first-order chi connectivity index (χ1) is 10.3. The Balaban J connectivity index is 1.63. The molecule has 1 aliphatic rings. The Morgan fingerprint density at radius 3 is 2.86 bits per heavy atom. The molecule has 0 atom stereocenters. The van der Waals surface area contributed by atoms with E-state index < -0.39 is 0 Å². The number of aromatic nitrogens is 2. The molecular weight excluding hydrogens is 332 g/mol. The van der Waals surface area contributed by atoms with Gasteiger partial charge in [0.25, 0.3) is 0 Å². The highest BCUT2D eigenvalue weighted by Crippen LogP contribution is 2.29. The summed E-state index contributed by atoms with van der Waals surface area (Å²) in [5.41, 5.74) is 1.55. The zero-order valence-electron chi connectivity index (χ0n) is 11.7. The maximum absolute atomic E-state index is 10.7. The van der Waals surface area contributed by atoms with Crippen LogP contribution in [0.2, 0.25) is 0 Å². The number of ether oxygens (including phenoxy) is 1. The van der Waals surface area contributed by atoms with Gasteiger partial charge in [0.1, 0.15) is 18.6 Å². The Morgan fingerprint density at radius 1 is 1.33 bits per heavy atom. The number of rotatable bonds is 5. The van der Waals surface area contributed by atoms with Gasteiger partial charge in [-0.1, -0.05) is 12.8 Å². The fourth-order valence-corrected chi connectivity index (χ4v) is 3.20. The van der Waals surface area contributed by atoms with E-state index in [0.717, 1.165) is 22.2 Å². The number of carbonyl (C=O) groups is 1. The summed E-state index contributed by atoms with van der Waals surface area (Å²) in [6, 6.07) is 7.84. The van der Waals surface area contributed by atoms with Gasteiger partial charge in [0.2, 0.25) is 0 Å². The second-order valence-corrected chi connectivity index (χ2v) is 6.18. The Bertz CT molecular complexity index is 633. The summed E-state index contributed by atoms with van der Waals surface area (Å²) < 4.78 is 8.61. The van der Waals surface area contributed by atoms with Crippen molar-refractivity contribution in [3.8, 4) is 5.75 Å². The van der Waals surface area contributed by atoms with Crippen molar-refractivity contribution in [3.63, 3.8) is 0 Å². The number of benzene rings is 1. The topological polar surface area (TPSA) is 44.1 Å². The second-order valence-electron chi connectivity index (χ2n) is 5.32. The first-order valence-electron chi connectivity index (χ1n) is 7.18. The highest BCUT2D eigenvalue weighted by atomic mass is 79.9. The Labute approximate surface area is 132 Å². The largest absolute Gasteiger partial charge is 0.486 e. The van der Waals surface area contributed by atoms with Crippen LogP contribution in [-0.4, -0.2) is 16.1 Å². The van der Waals surface area contributed by atoms with Crippen LogP contribution in [0, 0.1) is 0 Å². The molecule has 2 aromatic rings. The molecule has 1 aliphatic carbocycles. The zero-order valence-corrected chi connectivity index (χ0v) is 13.3. The van der Waals surface area contributed by atoms with Crippen molar-refractivity contribution in [1.29, 1.82) is 0 Å². The SMILES string of the molecule is O=Cc1ccc(OCc2ccn(C3CCCC3)n2)c(Br)c1. The highest BCUT2D eigenvalue weighted by Gasteiger charge is 2.17. The summed E-state index contributed by atoms with van der Waals surface area (Å²) in [6.45, 7) is 0.429. The van der Waals surface area contributed by atoms with Crippen LogP contribution in [0.1, 0.15) is 47.8 Å². The summed E-state index contributed by atoms with van der Waals surface area (Å²) in [5.74, 6) is 0.719. The van der Waals surface area contributed by atoms with Gasteiger partial charge >= 0.3 is 0 Å². The third kappa shape index (κ3) is 3.35. The fraction of sp³-hybridized carbons (Fsp3) is 0.375. The molecule has 0 aliphatic heterocycles. The van der Waals surface area contributed by atoms with E-state index in [1.165, 1.54) is 25.7 Å². The zero-order chi connectivity index (χ0) is 14.7. The van der Waals surface area contributed by atoms with Crippen molar-refractivity contribution in [1.82, 2.24) is 9.78 Å². The molecule has 0 spiro atoms. The van der Waals surface area contributed by atoms with Gasteiger partial charge in [-0.25, -0.2) is 0 Å². The van der Waals surface area contributed by atoms with E-state index in [4.69, 9.17) is 4.74 Å². The molecule has 1 heterocycles. The molecule has 0 bridgehead atoms. The maximum Gasteiger partial charge on any atom is 0.150 e. The van der Waals surface area contributed by atoms with Gasteiger partial charge in [-0.15, -0.1) is 0 Å². The van der Waals surface area contributed by atoms with E-state index in [9.17, 15) is 4.79 Å². The van der Waals surface area contributed by atoms with Gasteiger partial charge in [-0.3, -0.25) is 9.48 Å². The number of hydrogen-bond acceptors (Lipinski definition) is 3. The maximum atomic E-state index is 10.7. The molecule has 4 nitrogen and oxygen atoms in total. The average molecular weight is 349 g/mol. The Kier molecular flexibility index (Phi) is 4.39. The van der Waals surface area contributed by atoms with Crippen molar-refractivity contribution in [3.05, 3.63) is 46.2 Å². The molecule has 0 saturated heterocycles. The molecule has 0 N–H and O–H groups in total. The molecule has 0 amide bonds. The highest BCUT2D eigenvalue weighted by molar-refractivity contribution is 9.10. The monoisotopic (exact) mass is 348 g/mol. The molecule has 3 rings (SSSR count). The Morgan fingerprint density at radius 2 is 2.14 bits per heavy atom. The quantitative estimate of drug-likeness (QED) is 0.762. The summed E-state index contributed by atoms with van der Waals surface area (Å²) in [6.07, 6.45) is 7.90. The predicted molar refractivity (Wildman–Crippen MR) is 83.6 cm³/mol. The van der Waals surface area contributed by atoms with Crippen LogP contribution in [0.5, 0.6) is 5.75 Å². The first-order valence-corrected chi connectivity index (χ1v) is 7.97. The van der Waals surface area contributed by atoms with Crippen LogP contribution in [0.15, 0.2) is 34.9 Å². The van der Waals surface area contributed by atoms with E-state index in [1.807, 2.05) is 12.3 Å². The van der Waals surface area contributed by atoms with Crippen LogP contribution in [-0.2, 0) is 6.61 Å². The van der Waals surface area contributed by atoms with Crippen molar-refractivity contribution < 1.29 is 9.53 Å². The third-order valence-corrected chi connectivity index (χ3v) is 4.45. The van der Waals surface area contributed by atoms with Gasteiger partial charge in [0, 0.05) is 11.8 Å². The molecule has 5 heteroatoms. The number of carbonyl (C=O) groups excluding carboxylic acids is 1. The minimum absolute atomic E-state index is 0.429. The summed E-state index contributed by atoms with van der Waals surface area (Å²) in [5, 5.41) is 4.59. The lowest BCUT2D eigenvalue weighted by atomic mass is 10.2. The number of aldehydes is 1. The Hall–Kier alpha value is -1.62. The lowest BCUT2D eigenvalue weighted by molar-refractivity contribution is 0.112. The first kappa shape index (κ1) is 14.3. The van der Waals surface area contributed by atoms with Gasteiger partial charge in [0.15, 0.2) is 0 Å². The minimum atomic E-state index is 0.429. The lowest BCUT2D eigenvalue weighted by Gasteiger charge is -2.09. The van der Waals surface area contributed by atoms with E-state index in [-0.39, 0.29) is 0 Å². The van der Waals surface area contributed by atoms with E-state index >= 15 is 0 Å². The molecule has 1 aromatic heterocycles. The van der Waals surface area contributed by atoms with E-state index in [1.54, 1.807) is 18.2 Å². The molecule has 0 unspecified atom stereocenters.